The minimum atomic E-state index is -1.03. The summed E-state index contributed by atoms with van der Waals surface area (Å²) in [7, 11) is 6.85. The first-order valence-electron chi connectivity index (χ1n) is 9.33. The topological polar surface area (TPSA) is 93.0 Å². The van der Waals surface area contributed by atoms with Crippen LogP contribution in [0, 0.1) is 0 Å². The molecular formula is C21H25N3O5S. The van der Waals surface area contributed by atoms with Gasteiger partial charge in [0, 0.05) is 48.0 Å². The molecule has 0 bridgehead atoms. The summed E-state index contributed by atoms with van der Waals surface area (Å²) in [5.41, 5.74) is 1.83. The first-order valence-corrected chi connectivity index (χ1v) is 10.2. The Kier molecular flexibility index (Phi) is 6.63. The number of nitrogens with zero attached hydrogens (tertiary/aromatic N) is 2. The number of ether oxygens (including phenoxy) is 2. The van der Waals surface area contributed by atoms with Crippen LogP contribution in [0.2, 0.25) is 0 Å². The summed E-state index contributed by atoms with van der Waals surface area (Å²) in [5, 5.41) is 11.7. The van der Waals surface area contributed by atoms with Crippen molar-refractivity contribution in [3.8, 4) is 22.6 Å². The Morgan fingerprint density at radius 3 is 2.63 bits per heavy atom. The smallest absolute Gasteiger partial charge is 0.404 e. The van der Waals surface area contributed by atoms with Gasteiger partial charge in [0.25, 0.3) is 5.56 Å². The van der Waals surface area contributed by atoms with Crippen LogP contribution in [0.5, 0.6) is 11.5 Å². The molecule has 9 heteroatoms. The standard InChI is InChI=1S/C21H25N3O5S/c1-23(8-7-22-21(26)27)11-14-10-15-19(30-14)16(12-24(2)20(15)25)13-5-6-17(28-3)18(9-13)29-4/h5-6,9-10,12,22H,7-8,11H2,1-4H3,(H,26,27). The fourth-order valence-electron chi connectivity index (χ4n) is 3.29. The van der Waals surface area contributed by atoms with E-state index in [1.807, 2.05) is 42.4 Å². The van der Waals surface area contributed by atoms with E-state index in [2.05, 4.69) is 5.32 Å². The highest BCUT2D eigenvalue weighted by Crippen LogP contribution is 2.37. The normalized spacial score (nSPS) is 11.1. The maximum absolute atomic E-state index is 12.7. The van der Waals surface area contributed by atoms with Crippen molar-refractivity contribution in [2.45, 2.75) is 6.54 Å². The zero-order valence-electron chi connectivity index (χ0n) is 17.4. The summed E-state index contributed by atoms with van der Waals surface area (Å²) in [5.74, 6) is 1.27. The lowest BCUT2D eigenvalue weighted by Gasteiger charge is -2.14. The first kappa shape index (κ1) is 21.7. The van der Waals surface area contributed by atoms with E-state index in [0.29, 0.717) is 36.5 Å². The van der Waals surface area contributed by atoms with Crippen molar-refractivity contribution in [1.82, 2.24) is 14.8 Å². The van der Waals surface area contributed by atoms with Crippen LogP contribution in [0.25, 0.3) is 21.2 Å². The molecule has 160 valence electrons. The number of carboxylic acid groups (broad SMARTS) is 1. The van der Waals surface area contributed by atoms with E-state index in [1.165, 1.54) is 0 Å². The van der Waals surface area contributed by atoms with Gasteiger partial charge < -0.3 is 24.5 Å². The van der Waals surface area contributed by atoms with E-state index < -0.39 is 6.09 Å². The van der Waals surface area contributed by atoms with E-state index in [4.69, 9.17) is 14.6 Å². The van der Waals surface area contributed by atoms with E-state index in [-0.39, 0.29) is 5.56 Å². The van der Waals surface area contributed by atoms with Gasteiger partial charge in [0.2, 0.25) is 0 Å². The second kappa shape index (κ2) is 9.19. The molecule has 0 fully saturated rings. The Morgan fingerprint density at radius 2 is 1.97 bits per heavy atom. The Hall–Kier alpha value is -3.04. The van der Waals surface area contributed by atoms with Crippen LogP contribution in [0.3, 0.4) is 0 Å². The van der Waals surface area contributed by atoms with Crippen LogP contribution in [0.15, 0.2) is 35.3 Å². The number of benzene rings is 1. The Morgan fingerprint density at radius 1 is 1.23 bits per heavy atom. The third kappa shape index (κ3) is 4.58. The Bertz CT molecular complexity index is 1120. The lowest BCUT2D eigenvalue weighted by molar-refractivity contribution is 0.192. The van der Waals surface area contributed by atoms with Gasteiger partial charge in [-0.25, -0.2) is 4.79 Å². The number of amides is 1. The number of rotatable bonds is 8. The predicted octanol–water partition coefficient (Wildman–Crippen LogP) is 2.98. The van der Waals surface area contributed by atoms with Gasteiger partial charge in [0.15, 0.2) is 11.5 Å². The number of carbonyl (C=O) groups is 1. The van der Waals surface area contributed by atoms with Crippen molar-refractivity contribution in [3.05, 3.63) is 45.7 Å². The monoisotopic (exact) mass is 431 g/mol. The number of methoxy groups -OCH3 is 2. The zero-order valence-corrected chi connectivity index (χ0v) is 18.2. The van der Waals surface area contributed by atoms with Crippen LogP contribution in [-0.2, 0) is 13.6 Å². The molecule has 2 N–H and O–H groups in total. The summed E-state index contributed by atoms with van der Waals surface area (Å²) in [6.07, 6.45) is 0.806. The van der Waals surface area contributed by atoms with E-state index in [9.17, 15) is 9.59 Å². The van der Waals surface area contributed by atoms with Crippen molar-refractivity contribution in [1.29, 1.82) is 0 Å². The molecule has 3 aromatic rings. The fraction of sp³-hybridized carbons (Fsp3) is 0.333. The molecule has 1 amide bonds. The largest absolute Gasteiger partial charge is 0.493 e. The van der Waals surface area contributed by atoms with Crippen molar-refractivity contribution in [2.75, 3.05) is 34.4 Å². The number of hydrogen-bond donors (Lipinski definition) is 2. The molecule has 0 radical (unpaired) electrons. The fourth-order valence-corrected chi connectivity index (χ4v) is 4.55. The molecule has 0 aliphatic heterocycles. The number of nitrogens with one attached hydrogen (secondary N) is 1. The molecule has 0 aliphatic rings. The molecule has 3 rings (SSSR count). The number of hydrogen-bond acceptors (Lipinski definition) is 6. The number of pyridine rings is 1. The molecule has 2 heterocycles. The average Bonchev–Trinajstić information content (AvgIpc) is 3.13. The Balaban J connectivity index is 1.98. The minimum Gasteiger partial charge on any atom is -0.493 e. The van der Waals surface area contributed by atoms with Gasteiger partial charge >= 0.3 is 6.09 Å². The lowest BCUT2D eigenvalue weighted by Crippen LogP contribution is -2.31. The summed E-state index contributed by atoms with van der Waals surface area (Å²) in [4.78, 5) is 26.4. The highest BCUT2D eigenvalue weighted by Gasteiger charge is 2.16. The number of likely N-dealkylation sites (N-methyl/N-ethyl adjacent to an activating group) is 1. The molecule has 0 spiro atoms. The van der Waals surface area contributed by atoms with Gasteiger partial charge in [0.1, 0.15) is 0 Å². The molecule has 0 atom stereocenters. The van der Waals surface area contributed by atoms with Crippen LogP contribution >= 0.6 is 11.3 Å². The van der Waals surface area contributed by atoms with Gasteiger partial charge in [0.05, 0.1) is 19.6 Å². The van der Waals surface area contributed by atoms with Crippen molar-refractivity contribution in [2.24, 2.45) is 7.05 Å². The highest BCUT2D eigenvalue weighted by atomic mass is 32.1. The molecule has 8 nitrogen and oxygen atoms in total. The maximum atomic E-state index is 12.7. The lowest BCUT2D eigenvalue weighted by atomic mass is 10.1. The molecule has 2 aromatic heterocycles. The molecule has 0 saturated carbocycles. The third-order valence-electron chi connectivity index (χ3n) is 4.79. The minimum absolute atomic E-state index is 0.0491. The third-order valence-corrected chi connectivity index (χ3v) is 5.94. The van der Waals surface area contributed by atoms with Crippen LogP contribution < -0.4 is 20.3 Å². The van der Waals surface area contributed by atoms with E-state index in [0.717, 1.165) is 20.7 Å². The van der Waals surface area contributed by atoms with Gasteiger partial charge in [-0.2, -0.15) is 0 Å². The van der Waals surface area contributed by atoms with Crippen molar-refractivity contribution < 1.29 is 19.4 Å². The number of aromatic nitrogens is 1. The van der Waals surface area contributed by atoms with Gasteiger partial charge in [-0.3, -0.25) is 9.69 Å². The Labute approximate surface area is 178 Å². The molecule has 30 heavy (non-hydrogen) atoms. The van der Waals surface area contributed by atoms with Gasteiger partial charge in [-0.1, -0.05) is 6.07 Å². The maximum Gasteiger partial charge on any atom is 0.404 e. The van der Waals surface area contributed by atoms with Crippen molar-refractivity contribution >= 4 is 27.5 Å². The molecular weight excluding hydrogens is 406 g/mol. The SMILES string of the molecule is COc1ccc(-c2cn(C)c(=O)c3cc(CN(C)CCNC(=O)O)sc23)cc1OC. The predicted molar refractivity (Wildman–Crippen MR) is 118 cm³/mol. The second-order valence-electron chi connectivity index (χ2n) is 6.95. The van der Waals surface area contributed by atoms with Gasteiger partial charge in [-0.05, 0) is 30.8 Å². The van der Waals surface area contributed by atoms with Crippen molar-refractivity contribution in [3.63, 3.8) is 0 Å². The van der Waals surface area contributed by atoms with E-state index in [1.54, 1.807) is 37.2 Å². The van der Waals surface area contributed by atoms with E-state index >= 15 is 0 Å². The molecule has 1 aromatic carbocycles. The first-order chi connectivity index (χ1) is 14.3. The average molecular weight is 432 g/mol. The van der Waals surface area contributed by atoms with Crippen LogP contribution in [0.4, 0.5) is 4.79 Å². The summed E-state index contributed by atoms with van der Waals surface area (Å²) >= 11 is 1.57. The van der Waals surface area contributed by atoms with Crippen LogP contribution in [-0.4, -0.2) is 55.0 Å². The molecule has 0 unspecified atom stereocenters. The highest BCUT2D eigenvalue weighted by molar-refractivity contribution is 7.19. The summed E-state index contributed by atoms with van der Waals surface area (Å²) in [6, 6.07) is 7.63. The summed E-state index contributed by atoms with van der Waals surface area (Å²) in [6.45, 7) is 1.53. The molecule has 0 saturated heterocycles. The quantitative estimate of drug-likeness (QED) is 0.570. The number of thiophene rings is 1. The second-order valence-corrected chi connectivity index (χ2v) is 8.09. The summed E-state index contributed by atoms with van der Waals surface area (Å²) < 4.78 is 13.3. The number of fused-ring (bicyclic) bond motifs is 1. The zero-order chi connectivity index (χ0) is 21.8. The van der Waals surface area contributed by atoms with Crippen LogP contribution in [0.1, 0.15) is 4.88 Å². The molecule has 0 aliphatic carbocycles. The van der Waals surface area contributed by atoms with Gasteiger partial charge in [-0.15, -0.1) is 11.3 Å². The number of aryl methyl sites for hydroxylation is 1.